The van der Waals surface area contributed by atoms with Gasteiger partial charge in [0.2, 0.25) is 5.88 Å². The van der Waals surface area contributed by atoms with Crippen molar-refractivity contribution >= 4 is 39.0 Å². The van der Waals surface area contributed by atoms with E-state index in [9.17, 15) is 13.8 Å². The lowest BCUT2D eigenvalue weighted by atomic mass is 9.68. The number of allylic oxidation sites excluding steroid dienone is 1. The predicted octanol–water partition coefficient (Wildman–Crippen LogP) is 6.15. The second kappa shape index (κ2) is 14.0. The van der Waals surface area contributed by atoms with E-state index in [0.717, 1.165) is 49.4 Å². The van der Waals surface area contributed by atoms with Crippen molar-refractivity contribution in [2.24, 2.45) is 23.2 Å². The molecular formula is C37H46ClN5O6S. The fourth-order valence-electron chi connectivity index (χ4n) is 8.09. The quantitative estimate of drug-likeness (QED) is 0.318. The third-order valence-corrected chi connectivity index (χ3v) is 12.8. The van der Waals surface area contributed by atoms with Crippen molar-refractivity contribution in [3.8, 4) is 11.6 Å². The summed E-state index contributed by atoms with van der Waals surface area (Å²) in [6.07, 6.45) is 11.7. The first-order chi connectivity index (χ1) is 24.1. The molecule has 2 amide bonds. The Bertz CT molecular complexity index is 1960. The van der Waals surface area contributed by atoms with Crippen molar-refractivity contribution in [3.63, 3.8) is 0 Å². The molecule has 5 atom stereocenters. The number of nitrogens with one attached hydrogen (secondary N) is 1. The molecule has 268 valence electrons. The van der Waals surface area contributed by atoms with E-state index in [0.29, 0.717) is 43.6 Å². The summed E-state index contributed by atoms with van der Waals surface area (Å²) in [5.74, 6) is 0.126. The minimum atomic E-state index is -3.54. The summed E-state index contributed by atoms with van der Waals surface area (Å²) >= 11 is 6.45. The summed E-state index contributed by atoms with van der Waals surface area (Å²) in [7, 11) is 1.26. The fraction of sp³-hybridized carbons (Fsp3) is 0.486. The molecule has 13 heteroatoms. The number of methoxy groups -OCH3 is 2. The van der Waals surface area contributed by atoms with Gasteiger partial charge in [0, 0.05) is 50.9 Å². The van der Waals surface area contributed by atoms with E-state index in [4.69, 9.17) is 25.8 Å². The monoisotopic (exact) mass is 723 g/mol. The second-order valence-electron chi connectivity index (χ2n) is 14.0. The van der Waals surface area contributed by atoms with Crippen molar-refractivity contribution in [1.82, 2.24) is 14.5 Å². The predicted molar refractivity (Wildman–Crippen MR) is 195 cm³/mol. The van der Waals surface area contributed by atoms with Gasteiger partial charge in [-0.1, -0.05) is 29.8 Å². The number of aryl methyl sites for hydroxylation is 2. The number of aromatic nitrogens is 2. The van der Waals surface area contributed by atoms with Crippen LogP contribution in [0.2, 0.25) is 5.02 Å². The van der Waals surface area contributed by atoms with Crippen LogP contribution in [0.3, 0.4) is 0 Å². The summed E-state index contributed by atoms with van der Waals surface area (Å²) in [5.41, 5.74) is 3.44. The number of carbonyl (C=O) groups excluding carboxylic acids is 2. The van der Waals surface area contributed by atoms with Gasteiger partial charge in [0.05, 0.1) is 31.3 Å². The van der Waals surface area contributed by atoms with Gasteiger partial charge >= 0.3 is 0 Å². The van der Waals surface area contributed by atoms with Crippen LogP contribution in [0.1, 0.15) is 71.8 Å². The first-order valence-corrected chi connectivity index (χ1v) is 19.4. The first kappa shape index (κ1) is 34.6. The van der Waals surface area contributed by atoms with Crippen molar-refractivity contribution in [1.29, 1.82) is 0 Å². The Kier molecular flexibility index (Phi) is 9.71. The van der Waals surface area contributed by atoms with Gasteiger partial charge < -0.3 is 19.1 Å². The van der Waals surface area contributed by atoms with E-state index in [2.05, 4.69) is 37.3 Å². The Hall–Kier alpha value is -3.87. The van der Waals surface area contributed by atoms with E-state index in [-0.39, 0.29) is 35.7 Å². The van der Waals surface area contributed by atoms with Crippen LogP contribution in [0, 0.1) is 11.8 Å². The SMILES string of the molecule is COc1nn(C)cc1C(=O)NS1(=O)=NC(=O)c2ccc3c(c2)N(C[C@@H]2CC[C@H]2[C@@H](OC)/C=C/CCC1)C[C@@]1(CCCc2cc(Cl)ccc21)CO3.[HH]. The molecule has 3 aromatic rings. The van der Waals surface area contributed by atoms with Gasteiger partial charge in [0.15, 0.2) is 0 Å². The van der Waals surface area contributed by atoms with E-state index in [1.807, 2.05) is 24.3 Å². The molecule has 1 aromatic heterocycles. The Labute approximate surface area is 300 Å². The highest BCUT2D eigenvalue weighted by atomic mass is 35.5. The number of fused-ring (bicyclic) bond motifs is 4. The Morgan fingerprint density at radius 1 is 1.18 bits per heavy atom. The van der Waals surface area contributed by atoms with Crippen molar-refractivity contribution in [2.75, 3.05) is 44.6 Å². The zero-order chi connectivity index (χ0) is 35.0. The van der Waals surface area contributed by atoms with Crippen LogP contribution in [-0.4, -0.2) is 71.6 Å². The molecule has 11 nitrogen and oxygen atoms in total. The molecule has 50 heavy (non-hydrogen) atoms. The van der Waals surface area contributed by atoms with Crippen LogP contribution in [0.5, 0.6) is 11.6 Å². The fourth-order valence-corrected chi connectivity index (χ4v) is 9.85. The summed E-state index contributed by atoms with van der Waals surface area (Å²) < 4.78 is 40.5. The van der Waals surface area contributed by atoms with E-state index in [1.165, 1.54) is 29.1 Å². The number of anilines is 1. The molecule has 2 aliphatic heterocycles. The zero-order valence-corrected chi connectivity index (χ0v) is 30.3. The molecular weight excluding hydrogens is 678 g/mol. The molecule has 2 aliphatic carbocycles. The standard InChI is InChI=1S/C37H44ClN5O6S.H2/c1-42-21-29(36(39-42)48-3)35(45)41-50(46)17-6-4-5-9-32(47-2)28-13-10-26(28)20-43-22-37(16-7-8-24-18-27(38)12-14-30(24)37)23-49-33-15-11-25(19-31(33)43)34(44)40-50;/h5,9,11-12,14-15,18-19,21,26,28,32H,4,6-8,10,13,16-17,20,22-23H2,1-3H3,(H,40,41,44,45,46);1H/b9-5+;/t26-,28+,32-,37-,50?;/m0./s1. The summed E-state index contributed by atoms with van der Waals surface area (Å²) in [5, 5.41) is 4.87. The lowest BCUT2D eigenvalue weighted by molar-refractivity contribution is 0.0132. The van der Waals surface area contributed by atoms with Gasteiger partial charge in [-0.15, -0.1) is 9.46 Å². The van der Waals surface area contributed by atoms with Crippen LogP contribution >= 0.6 is 11.6 Å². The van der Waals surface area contributed by atoms with E-state index < -0.39 is 21.7 Å². The maximum absolute atomic E-state index is 14.4. The number of benzene rings is 2. The Morgan fingerprint density at radius 3 is 2.82 bits per heavy atom. The average Bonchev–Trinajstić information content (AvgIpc) is 3.40. The highest BCUT2D eigenvalue weighted by Gasteiger charge is 2.44. The maximum Gasteiger partial charge on any atom is 0.286 e. The molecule has 2 bridgehead atoms. The Morgan fingerprint density at radius 2 is 2.04 bits per heavy atom. The number of halogens is 1. The number of hydrogen-bond acceptors (Lipinski definition) is 8. The number of hydrogen-bond donors (Lipinski definition) is 1. The van der Waals surface area contributed by atoms with Gasteiger partial charge in [-0.25, -0.2) is 4.21 Å². The third kappa shape index (κ3) is 6.77. The minimum absolute atomic E-state index is 0. The normalized spacial score (nSPS) is 28.6. The van der Waals surface area contributed by atoms with Gasteiger partial charge in [-0.05, 0) is 98.2 Å². The molecule has 1 unspecified atom stereocenters. The molecule has 4 aliphatic rings. The zero-order valence-electron chi connectivity index (χ0n) is 28.7. The molecule has 1 fully saturated rings. The summed E-state index contributed by atoms with van der Waals surface area (Å²) in [6, 6.07) is 11.5. The van der Waals surface area contributed by atoms with Crippen LogP contribution < -0.4 is 19.1 Å². The highest BCUT2D eigenvalue weighted by Crippen LogP contribution is 2.47. The minimum Gasteiger partial charge on any atom is -0.490 e. The molecule has 0 saturated heterocycles. The lowest BCUT2D eigenvalue weighted by Gasteiger charge is -2.46. The van der Waals surface area contributed by atoms with Gasteiger partial charge in [0.1, 0.15) is 21.2 Å². The van der Waals surface area contributed by atoms with Crippen LogP contribution in [0.4, 0.5) is 5.69 Å². The number of rotatable bonds is 4. The molecule has 1 N–H and O–H groups in total. The van der Waals surface area contributed by atoms with Crippen LogP contribution in [-0.2, 0) is 33.5 Å². The number of carbonyl (C=O) groups is 2. The van der Waals surface area contributed by atoms with E-state index in [1.54, 1.807) is 20.2 Å². The van der Waals surface area contributed by atoms with Gasteiger partial charge in [0.25, 0.3) is 11.8 Å². The van der Waals surface area contributed by atoms with E-state index >= 15 is 0 Å². The smallest absolute Gasteiger partial charge is 0.286 e. The summed E-state index contributed by atoms with van der Waals surface area (Å²) in [6.45, 7) is 1.98. The van der Waals surface area contributed by atoms with Gasteiger partial charge in [-0.2, -0.15) is 0 Å². The van der Waals surface area contributed by atoms with Crippen LogP contribution in [0.25, 0.3) is 0 Å². The van der Waals surface area contributed by atoms with Crippen molar-refractivity contribution < 1.29 is 29.4 Å². The molecule has 0 radical (unpaired) electrons. The summed E-state index contributed by atoms with van der Waals surface area (Å²) in [4.78, 5) is 29.7. The van der Waals surface area contributed by atoms with Crippen LogP contribution in [0.15, 0.2) is 59.1 Å². The van der Waals surface area contributed by atoms with Crippen molar-refractivity contribution in [3.05, 3.63) is 82.0 Å². The molecule has 2 aromatic carbocycles. The molecule has 1 spiro atoms. The average molecular weight is 724 g/mol. The molecule has 3 heterocycles. The second-order valence-corrected chi connectivity index (χ2v) is 16.5. The first-order valence-electron chi connectivity index (χ1n) is 17.3. The topological polar surface area (TPSA) is 124 Å². The largest absolute Gasteiger partial charge is 0.490 e. The van der Waals surface area contributed by atoms with Crippen molar-refractivity contribution in [2.45, 2.75) is 56.5 Å². The third-order valence-electron chi connectivity index (χ3n) is 10.7. The molecule has 7 rings (SSSR count). The maximum atomic E-state index is 14.4. The number of nitrogens with zero attached hydrogens (tertiary/aromatic N) is 4. The molecule has 1 saturated carbocycles. The number of amides is 2. The highest BCUT2D eigenvalue weighted by molar-refractivity contribution is 7.92. The lowest BCUT2D eigenvalue weighted by Crippen LogP contribution is -2.49. The number of ether oxygens (including phenoxy) is 3. The Balaban J connectivity index is 0.00000448. The van der Waals surface area contributed by atoms with Gasteiger partial charge in [-0.3, -0.25) is 19.0 Å².